The van der Waals surface area contributed by atoms with Crippen molar-refractivity contribution in [2.75, 3.05) is 11.9 Å². The molecule has 0 radical (unpaired) electrons. The van der Waals surface area contributed by atoms with Crippen molar-refractivity contribution < 1.29 is 24.2 Å². The van der Waals surface area contributed by atoms with Gasteiger partial charge in [0.25, 0.3) is 5.91 Å². The van der Waals surface area contributed by atoms with Crippen LogP contribution in [0.15, 0.2) is 54.6 Å². The Labute approximate surface area is 202 Å². The SMILES string of the molecule is CC(C)(C)C(CC(=O)O)NC(=O)c1cc(NC(=O)OCC2c3ccccc3-c3ccccc32)n[nH]1. The first-order chi connectivity index (χ1) is 16.6. The summed E-state index contributed by atoms with van der Waals surface area (Å²) in [6, 6.07) is 16.9. The highest BCUT2D eigenvalue weighted by Crippen LogP contribution is 2.44. The number of fused-ring (bicyclic) bond motifs is 3. The number of aliphatic carboxylic acids is 1. The predicted octanol–water partition coefficient (Wildman–Crippen LogP) is 4.39. The zero-order chi connectivity index (χ0) is 25.2. The van der Waals surface area contributed by atoms with Crippen LogP contribution in [0.3, 0.4) is 0 Å². The molecule has 1 unspecified atom stereocenters. The molecular weight excluding hydrogens is 448 g/mol. The number of aromatic amines is 1. The minimum Gasteiger partial charge on any atom is -0.481 e. The minimum absolute atomic E-state index is 0.0720. The second-order valence-corrected chi connectivity index (χ2v) is 9.61. The molecule has 1 aromatic heterocycles. The molecule has 2 aromatic carbocycles. The molecule has 0 fully saturated rings. The molecule has 4 N–H and O–H groups in total. The zero-order valence-electron chi connectivity index (χ0n) is 19.8. The average Bonchev–Trinajstić information content (AvgIpc) is 3.39. The number of nitrogens with zero attached hydrogens (tertiary/aromatic N) is 1. The number of benzene rings is 2. The topological polar surface area (TPSA) is 133 Å². The van der Waals surface area contributed by atoms with E-state index in [1.807, 2.05) is 57.2 Å². The first kappa shape index (κ1) is 24.0. The van der Waals surface area contributed by atoms with Gasteiger partial charge in [-0.05, 0) is 27.7 Å². The fourth-order valence-corrected chi connectivity index (χ4v) is 4.23. The number of carbonyl (C=O) groups excluding carboxylic acids is 2. The summed E-state index contributed by atoms with van der Waals surface area (Å²) in [5, 5.41) is 20.9. The fraction of sp³-hybridized carbons (Fsp3) is 0.308. The molecule has 1 heterocycles. The van der Waals surface area contributed by atoms with Gasteiger partial charge in [-0.3, -0.25) is 20.0 Å². The summed E-state index contributed by atoms with van der Waals surface area (Å²) in [5.41, 5.74) is 4.12. The molecule has 9 nitrogen and oxygen atoms in total. The number of rotatable bonds is 7. The monoisotopic (exact) mass is 476 g/mol. The number of ether oxygens (including phenoxy) is 1. The molecule has 2 amide bonds. The number of carbonyl (C=O) groups is 3. The van der Waals surface area contributed by atoms with Gasteiger partial charge in [-0.25, -0.2) is 4.79 Å². The van der Waals surface area contributed by atoms with Gasteiger partial charge in [0.2, 0.25) is 0 Å². The van der Waals surface area contributed by atoms with Crippen LogP contribution in [0.4, 0.5) is 10.6 Å². The van der Waals surface area contributed by atoms with Gasteiger partial charge in [-0.2, -0.15) is 5.10 Å². The van der Waals surface area contributed by atoms with Crippen LogP contribution < -0.4 is 10.6 Å². The Morgan fingerprint density at radius 1 is 1.06 bits per heavy atom. The number of carboxylic acid groups (broad SMARTS) is 1. The Morgan fingerprint density at radius 3 is 2.23 bits per heavy atom. The van der Waals surface area contributed by atoms with Crippen LogP contribution in [0.5, 0.6) is 0 Å². The number of H-pyrrole nitrogens is 1. The second-order valence-electron chi connectivity index (χ2n) is 9.61. The molecule has 0 aliphatic heterocycles. The Morgan fingerprint density at radius 2 is 1.66 bits per heavy atom. The number of aromatic nitrogens is 2. The summed E-state index contributed by atoms with van der Waals surface area (Å²) in [5.74, 6) is -1.47. The Balaban J connectivity index is 1.37. The minimum atomic E-state index is -1.01. The molecule has 9 heteroatoms. The van der Waals surface area contributed by atoms with Crippen molar-refractivity contribution in [1.82, 2.24) is 15.5 Å². The summed E-state index contributed by atoms with van der Waals surface area (Å²) in [6.07, 6.45) is -0.905. The lowest BCUT2D eigenvalue weighted by Crippen LogP contribution is -2.45. The quantitative estimate of drug-likeness (QED) is 0.400. The number of anilines is 1. The van der Waals surface area contributed by atoms with E-state index in [1.54, 1.807) is 0 Å². The summed E-state index contributed by atoms with van der Waals surface area (Å²) in [6.45, 7) is 5.69. The Kier molecular flexibility index (Phi) is 6.59. The third-order valence-electron chi connectivity index (χ3n) is 6.13. The van der Waals surface area contributed by atoms with Crippen molar-refractivity contribution in [2.45, 2.75) is 39.2 Å². The third-order valence-corrected chi connectivity index (χ3v) is 6.13. The van der Waals surface area contributed by atoms with Gasteiger partial charge in [-0.1, -0.05) is 69.3 Å². The van der Waals surface area contributed by atoms with Gasteiger partial charge in [0.15, 0.2) is 5.82 Å². The third kappa shape index (κ3) is 5.34. The maximum Gasteiger partial charge on any atom is 0.412 e. The lowest BCUT2D eigenvalue weighted by Gasteiger charge is -2.30. The van der Waals surface area contributed by atoms with E-state index in [1.165, 1.54) is 6.07 Å². The normalized spacial score (nSPS) is 13.5. The van der Waals surface area contributed by atoms with E-state index in [9.17, 15) is 14.4 Å². The maximum absolute atomic E-state index is 12.6. The van der Waals surface area contributed by atoms with E-state index in [0.717, 1.165) is 22.3 Å². The predicted molar refractivity (Wildman–Crippen MR) is 130 cm³/mol. The fourth-order valence-electron chi connectivity index (χ4n) is 4.23. The molecule has 1 aliphatic rings. The van der Waals surface area contributed by atoms with Crippen LogP contribution >= 0.6 is 0 Å². The lowest BCUT2D eigenvalue weighted by molar-refractivity contribution is -0.138. The number of hydrogen-bond donors (Lipinski definition) is 4. The van der Waals surface area contributed by atoms with Gasteiger partial charge < -0.3 is 15.2 Å². The lowest BCUT2D eigenvalue weighted by atomic mass is 9.84. The van der Waals surface area contributed by atoms with Crippen molar-refractivity contribution in [3.63, 3.8) is 0 Å². The first-order valence-corrected chi connectivity index (χ1v) is 11.3. The van der Waals surface area contributed by atoms with E-state index in [0.29, 0.717) is 0 Å². The van der Waals surface area contributed by atoms with Crippen molar-refractivity contribution in [3.8, 4) is 11.1 Å². The molecule has 0 saturated carbocycles. The van der Waals surface area contributed by atoms with Gasteiger partial charge >= 0.3 is 12.1 Å². The van der Waals surface area contributed by atoms with E-state index in [2.05, 4.69) is 33.0 Å². The molecule has 0 spiro atoms. The molecule has 0 bridgehead atoms. The number of carboxylic acids is 1. The maximum atomic E-state index is 12.6. The Hall–Kier alpha value is -4.14. The van der Waals surface area contributed by atoms with Gasteiger partial charge in [0, 0.05) is 18.0 Å². The highest BCUT2D eigenvalue weighted by Gasteiger charge is 2.30. The van der Waals surface area contributed by atoms with Crippen LogP contribution in [0.25, 0.3) is 11.1 Å². The molecule has 35 heavy (non-hydrogen) atoms. The van der Waals surface area contributed by atoms with E-state index in [-0.39, 0.29) is 30.5 Å². The summed E-state index contributed by atoms with van der Waals surface area (Å²) in [7, 11) is 0. The summed E-state index contributed by atoms with van der Waals surface area (Å²) in [4.78, 5) is 36.2. The smallest absolute Gasteiger partial charge is 0.412 e. The van der Waals surface area contributed by atoms with Crippen LogP contribution in [0, 0.1) is 5.41 Å². The Bertz CT molecular complexity index is 1210. The van der Waals surface area contributed by atoms with Crippen molar-refractivity contribution in [3.05, 3.63) is 71.4 Å². The number of nitrogens with one attached hydrogen (secondary N) is 3. The molecular formula is C26H28N4O5. The standard InChI is InChI=1S/C26H28N4O5/c1-26(2,3)21(13-23(31)32)27-24(33)20-12-22(30-29-20)28-25(34)35-14-19-17-10-6-4-8-15(17)16-9-5-7-11-18(16)19/h4-12,19,21H,13-14H2,1-3H3,(H,27,33)(H,31,32)(H2,28,29,30,34). The molecule has 182 valence electrons. The second kappa shape index (κ2) is 9.61. The van der Waals surface area contributed by atoms with E-state index >= 15 is 0 Å². The first-order valence-electron chi connectivity index (χ1n) is 11.3. The van der Waals surface area contributed by atoms with Gasteiger partial charge in [-0.15, -0.1) is 0 Å². The van der Waals surface area contributed by atoms with Gasteiger partial charge in [0.1, 0.15) is 12.3 Å². The highest BCUT2D eigenvalue weighted by molar-refractivity contribution is 5.94. The molecule has 4 rings (SSSR count). The van der Waals surface area contributed by atoms with Crippen LogP contribution in [0.2, 0.25) is 0 Å². The largest absolute Gasteiger partial charge is 0.481 e. The zero-order valence-corrected chi connectivity index (χ0v) is 19.8. The van der Waals surface area contributed by atoms with Crippen LogP contribution in [-0.2, 0) is 9.53 Å². The molecule has 1 aliphatic carbocycles. The highest BCUT2D eigenvalue weighted by atomic mass is 16.5. The van der Waals surface area contributed by atoms with Crippen molar-refractivity contribution in [1.29, 1.82) is 0 Å². The van der Waals surface area contributed by atoms with Crippen molar-refractivity contribution >= 4 is 23.8 Å². The summed E-state index contributed by atoms with van der Waals surface area (Å²) >= 11 is 0. The molecule has 0 saturated heterocycles. The van der Waals surface area contributed by atoms with E-state index < -0.39 is 29.4 Å². The van der Waals surface area contributed by atoms with Crippen molar-refractivity contribution in [2.24, 2.45) is 5.41 Å². The summed E-state index contributed by atoms with van der Waals surface area (Å²) < 4.78 is 5.50. The van der Waals surface area contributed by atoms with E-state index in [4.69, 9.17) is 9.84 Å². The molecule has 3 aromatic rings. The molecule has 1 atom stereocenters. The van der Waals surface area contributed by atoms with Crippen LogP contribution in [0.1, 0.15) is 54.7 Å². The number of hydrogen-bond acceptors (Lipinski definition) is 5. The number of amides is 2. The van der Waals surface area contributed by atoms with Crippen LogP contribution in [-0.4, -0.2) is 45.9 Å². The average molecular weight is 477 g/mol. The van der Waals surface area contributed by atoms with Gasteiger partial charge in [0.05, 0.1) is 6.42 Å².